The fourth-order valence-corrected chi connectivity index (χ4v) is 2.25. The Morgan fingerprint density at radius 3 is 2.67 bits per heavy atom. The molecule has 0 atom stereocenters. The number of aryl methyl sites for hydroxylation is 1. The molecule has 0 aliphatic heterocycles. The van der Waals surface area contributed by atoms with Crippen LogP contribution in [0.2, 0.25) is 5.15 Å². The lowest BCUT2D eigenvalue weighted by Gasteiger charge is -2.05. The van der Waals surface area contributed by atoms with Crippen molar-refractivity contribution in [3.05, 3.63) is 65.2 Å². The highest BCUT2D eigenvalue weighted by Gasteiger charge is 2.11. The Morgan fingerprint density at radius 1 is 1.25 bits per heavy atom. The van der Waals surface area contributed by atoms with Crippen LogP contribution in [0.15, 0.2) is 48.8 Å². The molecule has 3 aromatic rings. The Morgan fingerprint density at radius 2 is 2.00 bits per heavy atom. The van der Waals surface area contributed by atoms with Crippen LogP contribution >= 0.6 is 11.6 Å². The number of hydrogen-bond acceptors (Lipinski definition) is 4. The van der Waals surface area contributed by atoms with Gasteiger partial charge in [0.25, 0.3) is 5.91 Å². The molecule has 0 spiro atoms. The van der Waals surface area contributed by atoms with Gasteiger partial charge in [-0.25, -0.2) is 9.67 Å². The quantitative estimate of drug-likeness (QED) is 0.737. The van der Waals surface area contributed by atoms with Crippen LogP contribution in [-0.4, -0.2) is 27.8 Å². The first-order valence-electron chi connectivity index (χ1n) is 7.20. The first-order valence-corrected chi connectivity index (χ1v) is 7.58. The maximum Gasteiger partial charge on any atom is 0.276 e. The average Bonchev–Trinajstić information content (AvgIpc) is 3.08. The van der Waals surface area contributed by atoms with Crippen LogP contribution in [0.3, 0.4) is 0 Å². The van der Waals surface area contributed by atoms with E-state index in [1.165, 1.54) is 6.20 Å². The molecule has 1 amide bonds. The number of amides is 1. The molecule has 0 saturated carbocycles. The number of rotatable bonds is 4. The molecular weight excluding hydrogens is 328 g/mol. The molecule has 6 nitrogen and oxygen atoms in total. The van der Waals surface area contributed by atoms with E-state index in [9.17, 15) is 4.79 Å². The number of nitrogens with one attached hydrogen (secondary N) is 1. The van der Waals surface area contributed by atoms with E-state index in [2.05, 4.69) is 15.4 Å². The molecule has 0 aliphatic rings. The van der Waals surface area contributed by atoms with Crippen LogP contribution in [0.4, 0.5) is 5.69 Å². The number of anilines is 1. The number of aromatic nitrogens is 3. The Balaban J connectivity index is 1.76. The van der Waals surface area contributed by atoms with Gasteiger partial charge < -0.3 is 10.1 Å². The Kier molecular flexibility index (Phi) is 4.48. The van der Waals surface area contributed by atoms with Gasteiger partial charge in [-0.2, -0.15) is 5.10 Å². The van der Waals surface area contributed by atoms with Crippen molar-refractivity contribution in [2.24, 2.45) is 0 Å². The van der Waals surface area contributed by atoms with Gasteiger partial charge in [-0.3, -0.25) is 4.79 Å². The minimum atomic E-state index is -0.314. The number of pyridine rings is 1. The maximum atomic E-state index is 12.3. The molecular formula is C17H15ClN4O2. The molecule has 1 N–H and O–H groups in total. The Labute approximate surface area is 144 Å². The number of carbonyl (C=O) groups excluding carboxylic acids is 1. The third-order valence-electron chi connectivity index (χ3n) is 3.43. The summed E-state index contributed by atoms with van der Waals surface area (Å²) in [6.07, 6.45) is 3.23. The van der Waals surface area contributed by atoms with E-state index in [0.29, 0.717) is 16.5 Å². The SMILES string of the molecule is COc1ccc(-n2ccc(C(=O)Nc3cnc(Cl)c(C)c3)n2)cc1. The summed E-state index contributed by atoms with van der Waals surface area (Å²) >= 11 is 5.88. The number of benzene rings is 1. The van der Waals surface area contributed by atoms with Crippen molar-refractivity contribution in [2.45, 2.75) is 6.92 Å². The normalized spacial score (nSPS) is 10.5. The first-order chi connectivity index (χ1) is 11.6. The number of nitrogens with zero attached hydrogens (tertiary/aromatic N) is 3. The fourth-order valence-electron chi connectivity index (χ4n) is 2.15. The lowest BCUT2D eigenvalue weighted by molar-refractivity contribution is 0.102. The van der Waals surface area contributed by atoms with Crippen molar-refractivity contribution in [2.75, 3.05) is 12.4 Å². The Bertz CT molecular complexity index is 875. The zero-order valence-electron chi connectivity index (χ0n) is 13.2. The van der Waals surface area contributed by atoms with Crippen LogP contribution in [0.5, 0.6) is 5.75 Å². The highest BCUT2D eigenvalue weighted by Crippen LogP contribution is 2.17. The number of methoxy groups -OCH3 is 1. The second-order valence-electron chi connectivity index (χ2n) is 5.13. The van der Waals surface area contributed by atoms with Crippen LogP contribution in [0.1, 0.15) is 16.1 Å². The van der Waals surface area contributed by atoms with Crippen LogP contribution in [0, 0.1) is 6.92 Å². The molecule has 0 fully saturated rings. The maximum absolute atomic E-state index is 12.3. The largest absolute Gasteiger partial charge is 0.497 e. The van der Waals surface area contributed by atoms with E-state index < -0.39 is 0 Å². The summed E-state index contributed by atoms with van der Waals surface area (Å²) in [4.78, 5) is 16.3. The minimum Gasteiger partial charge on any atom is -0.497 e. The summed E-state index contributed by atoms with van der Waals surface area (Å²) in [5, 5.41) is 7.46. The smallest absolute Gasteiger partial charge is 0.276 e. The predicted octanol–water partition coefficient (Wildman–Crippen LogP) is 3.49. The molecule has 122 valence electrons. The second kappa shape index (κ2) is 6.72. The van der Waals surface area contributed by atoms with E-state index in [1.54, 1.807) is 30.1 Å². The molecule has 0 radical (unpaired) electrons. The van der Waals surface area contributed by atoms with Crippen LogP contribution in [-0.2, 0) is 0 Å². The number of ether oxygens (including phenoxy) is 1. The highest BCUT2D eigenvalue weighted by atomic mass is 35.5. The lowest BCUT2D eigenvalue weighted by atomic mass is 10.3. The van der Waals surface area contributed by atoms with Crippen LogP contribution in [0.25, 0.3) is 5.69 Å². The molecule has 1 aromatic carbocycles. The van der Waals surface area contributed by atoms with E-state index in [4.69, 9.17) is 16.3 Å². The number of carbonyl (C=O) groups is 1. The van der Waals surface area contributed by atoms with Gasteiger partial charge in [-0.05, 0) is 48.9 Å². The summed E-state index contributed by atoms with van der Waals surface area (Å²) < 4.78 is 6.75. The van der Waals surface area contributed by atoms with E-state index in [0.717, 1.165) is 17.0 Å². The third-order valence-corrected chi connectivity index (χ3v) is 3.83. The first kappa shape index (κ1) is 16.0. The van der Waals surface area contributed by atoms with E-state index in [-0.39, 0.29) is 5.91 Å². The van der Waals surface area contributed by atoms with Gasteiger partial charge in [0, 0.05) is 6.20 Å². The van der Waals surface area contributed by atoms with Gasteiger partial charge in [0.2, 0.25) is 0 Å². The molecule has 0 aliphatic carbocycles. The summed E-state index contributed by atoms with van der Waals surface area (Å²) in [5.74, 6) is 0.445. The monoisotopic (exact) mass is 342 g/mol. The van der Waals surface area contributed by atoms with Crippen molar-refractivity contribution >= 4 is 23.2 Å². The predicted molar refractivity (Wildman–Crippen MR) is 92.1 cm³/mol. The van der Waals surface area contributed by atoms with Gasteiger partial charge in [0.15, 0.2) is 5.69 Å². The summed E-state index contributed by atoms with van der Waals surface area (Å²) in [5.41, 5.74) is 2.50. The van der Waals surface area contributed by atoms with Gasteiger partial charge >= 0.3 is 0 Å². The van der Waals surface area contributed by atoms with Gasteiger partial charge in [0.05, 0.1) is 24.7 Å². The summed E-state index contributed by atoms with van der Waals surface area (Å²) in [6.45, 7) is 1.82. The minimum absolute atomic E-state index is 0.304. The molecule has 2 aromatic heterocycles. The number of hydrogen-bond donors (Lipinski definition) is 1. The molecule has 0 unspecified atom stereocenters. The number of halogens is 1. The fraction of sp³-hybridized carbons (Fsp3) is 0.118. The molecule has 24 heavy (non-hydrogen) atoms. The van der Waals surface area contributed by atoms with Crippen molar-refractivity contribution in [3.8, 4) is 11.4 Å². The standard InChI is InChI=1S/C17H15ClN4O2/c1-11-9-12(10-19-16(11)18)20-17(23)15-7-8-22(21-15)13-3-5-14(24-2)6-4-13/h3-10H,1-2H3,(H,20,23). The summed E-state index contributed by atoms with van der Waals surface area (Å²) in [7, 11) is 1.61. The molecule has 7 heteroatoms. The Hall–Kier alpha value is -2.86. The zero-order valence-corrected chi connectivity index (χ0v) is 13.9. The summed E-state index contributed by atoms with van der Waals surface area (Å²) in [6, 6.07) is 10.8. The molecule has 0 saturated heterocycles. The topological polar surface area (TPSA) is 69.0 Å². The third kappa shape index (κ3) is 3.38. The lowest BCUT2D eigenvalue weighted by Crippen LogP contribution is -2.13. The molecule has 3 rings (SSSR count). The second-order valence-corrected chi connectivity index (χ2v) is 5.49. The van der Waals surface area contributed by atoms with E-state index in [1.807, 2.05) is 31.2 Å². The van der Waals surface area contributed by atoms with Gasteiger partial charge in [-0.1, -0.05) is 11.6 Å². The van der Waals surface area contributed by atoms with Crippen molar-refractivity contribution in [3.63, 3.8) is 0 Å². The van der Waals surface area contributed by atoms with Crippen molar-refractivity contribution in [1.29, 1.82) is 0 Å². The van der Waals surface area contributed by atoms with E-state index >= 15 is 0 Å². The van der Waals surface area contributed by atoms with Gasteiger partial charge in [-0.15, -0.1) is 0 Å². The van der Waals surface area contributed by atoms with Crippen molar-refractivity contribution in [1.82, 2.24) is 14.8 Å². The highest BCUT2D eigenvalue weighted by molar-refractivity contribution is 6.30. The average molecular weight is 343 g/mol. The van der Waals surface area contributed by atoms with Crippen LogP contribution < -0.4 is 10.1 Å². The van der Waals surface area contributed by atoms with Crippen molar-refractivity contribution < 1.29 is 9.53 Å². The molecule has 2 heterocycles. The molecule has 0 bridgehead atoms. The van der Waals surface area contributed by atoms with Gasteiger partial charge in [0.1, 0.15) is 10.9 Å². The zero-order chi connectivity index (χ0) is 17.1.